The van der Waals surface area contributed by atoms with Crippen LogP contribution in [0.4, 0.5) is 48.3 Å². The summed E-state index contributed by atoms with van der Waals surface area (Å²) in [6, 6.07) is 0. The molecule has 134 valence electrons. The second-order valence-electron chi connectivity index (χ2n) is 4.16. The number of halogens is 11. The van der Waals surface area contributed by atoms with Crippen LogP contribution in [0.25, 0.3) is 0 Å². The Hall–Kier alpha value is -1.76. The van der Waals surface area contributed by atoms with Crippen LogP contribution < -0.4 is 5.82 Å². The van der Waals surface area contributed by atoms with E-state index in [1.807, 2.05) is 0 Å². The minimum absolute atomic E-state index is 0.0215. The first-order valence-electron chi connectivity index (χ1n) is 5.13. The second-order valence-corrected chi connectivity index (χ2v) is 4.16. The molecule has 0 atom stereocenters. The van der Waals surface area contributed by atoms with Crippen LogP contribution in [0.1, 0.15) is 5.76 Å². The molecule has 0 spiro atoms. The van der Waals surface area contributed by atoms with Crippen molar-refractivity contribution in [3.8, 4) is 0 Å². The fraction of sp³-hybridized carbons (Fsp3) is 0.667. The Balaban J connectivity index is 3.28. The number of hydrogen-bond acceptors (Lipinski definition) is 3. The average Bonchev–Trinajstić information content (AvgIpc) is 2.71. The fourth-order valence-electron chi connectivity index (χ4n) is 1.28. The number of hydrogen-bond donors (Lipinski definition) is 0. The van der Waals surface area contributed by atoms with Gasteiger partial charge in [-0.25, -0.2) is 4.79 Å². The van der Waals surface area contributed by atoms with Gasteiger partial charge in [-0.3, -0.25) is 0 Å². The first-order chi connectivity index (χ1) is 9.97. The van der Waals surface area contributed by atoms with Gasteiger partial charge in [0, 0.05) is 0 Å². The summed E-state index contributed by atoms with van der Waals surface area (Å²) in [6.45, 7) is 0. The molecule has 1 rings (SSSR count). The molecule has 1 aromatic heterocycles. The van der Waals surface area contributed by atoms with Gasteiger partial charge in [-0.1, -0.05) is 0 Å². The molecule has 0 unspecified atom stereocenters. The van der Waals surface area contributed by atoms with Gasteiger partial charge in [0.05, 0.1) is 6.42 Å². The Morgan fingerprint density at radius 3 is 1.61 bits per heavy atom. The molecule has 0 aliphatic heterocycles. The highest BCUT2D eigenvalue weighted by Gasteiger charge is 2.87. The predicted molar refractivity (Wildman–Crippen MR) is 46.8 cm³/mol. The Bertz CT molecular complexity index is 609. The van der Waals surface area contributed by atoms with E-state index in [9.17, 15) is 53.1 Å². The zero-order chi connectivity index (χ0) is 18.5. The third kappa shape index (κ3) is 2.89. The lowest BCUT2D eigenvalue weighted by atomic mass is 9.95. The zero-order valence-corrected chi connectivity index (χ0v) is 10.2. The Morgan fingerprint density at radius 2 is 1.26 bits per heavy atom. The molecule has 0 saturated carbocycles. The summed E-state index contributed by atoms with van der Waals surface area (Å²) in [5, 5.41) is 0. The zero-order valence-electron chi connectivity index (χ0n) is 10.2. The van der Waals surface area contributed by atoms with Crippen molar-refractivity contribution in [1.82, 2.24) is 0 Å². The Kier molecular flexibility index (Phi) is 4.30. The summed E-state index contributed by atoms with van der Waals surface area (Å²) < 4.78 is 146. The van der Waals surface area contributed by atoms with E-state index in [1.54, 1.807) is 0 Å². The van der Waals surface area contributed by atoms with E-state index in [0.717, 1.165) is 0 Å². The van der Waals surface area contributed by atoms with E-state index < -0.39 is 47.9 Å². The highest BCUT2D eigenvalue weighted by Crippen LogP contribution is 2.57. The molecule has 0 radical (unpaired) electrons. The highest BCUT2D eigenvalue weighted by molar-refractivity contribution is 5.09. The van der Waals surface area contributed by atoms with Gasteiger partial charge in [0.1, 0.15) is 6.26 Å². The Labute approximate surface area is 117 Å². The minimum atomic E-state index is -7.49. The largest absolute Gasteiger partial charge is 0.518 e. The molecule has 0 saturated heterocycles. The Morgan fingerprint density at radius 1 is 0.783 bits per heavy atom. The second kappa shape index (κ2) is 5.12. The number of alkyl halides is 11. The van der Waals surface area contributed by atoms with Crippen LogP contribution >= 0.6 is 0 Å². The van der Waals surface area contributed by atoms with Crippen molar-refractivity contribution in [2.45, 2.75) is 36.3 Å². The van der Waals surface area contributed by atoms with Gasteiger partial charge in [0.15, 0.2) is 5.76 Å². The SMILES string of the molecule is O=c1occ(CC(F)(F)C(F)(F)C(F)(F)C(F)(F)C(F)(F)F)o1. The van der Waals surface area contributed by atoms with Crippen molar-refractivity contribution in [3.63, 3.8) is 0 Å². The molecular weight excluding hydrogens is 365 g/mol. The van der Waals surface area contributed by atoms with Crippen LogP contribution in [0.5, 0.6) is 0 Å². The third-order valence-corrected chi connectivity index (χ3v) is 2.50. The third-order valence-electron chi connectivity index (χ3n) is 2.50. The highest BCUT2D eigenvalue weighted by atomic mass is 19.4. The van der Waals surface area contributed by atoms with Crippen LogP contribution in [0.15, 0.2) is 19.9 Å². The number of rotatable bonds is 5. The summed E-state index contributed by atoms with van der Waals surface area (Å²) in [6.07, 6.45) is -9.83. The van der Waals surface area contributed by atoms with Crippen molar-refractivity contribution in [2.75, 3.05) is 0 Å². The lowest BCUT2D eigenvalue weighted by molar-refractivity contribution is -0.422. The predicted octanol–water partition coefficient (Wildman–Crippen LogP) is 3.88. The first-order valence-corrected chi connectivity index (χ1v) is 5.13. The van der Waals surface area contributed by atoms with Crippen molar-refractivity contribution in [1.29, 1.82) is 0 Å². The van der Waals surface area contributed by atoms with E-state index in [1.165, 1.54) is 0 Å². The van der Waals surface area contributed by atoms with E-state index in [0.29, 0.717) is 0 Å². The maximum atomic E-state index is 13.2. The summed E-state index contributed by atoms with van der Waals surface area (Å²) in [7, 11) is 0. The summed E-state index contributed by atoms with van der Waals surface area (Å²) in [5.74, 6) is -31.4. The molecule has 0 bridgehead atoms. The van der Waals surface area contributed by atoms with Gasteiger partial charge >= 0.3 is 35.7 Å². The first kappa shape index (κ1) is 19.3. The maximum Gasteiger partial charge on any atom is 0.518 e. The van der Waals surface area contributed by atoms with Crippen LogP contribution in [0.2, 0.25) is 0 Å². The van der Waals surface area contributed by atoms with E-state index in [4.69, 9.17) is 0 Å². The van der Waals surface area contributed by atoms with Crippen molar-refractivity contribution < 1.29 is 57.1 Å². The van der Waals surface area contributed by atoms with Gasteiger partial charge in [-0.15, -0.1) is 0 Å². The summed E-state index contributed by atoms with van der Waals surface area (Å²) in [4.78, 5) is 10.3. The quantitative estimate of drug-likeness (QED) is 0.741. The minimum Gasteiger partial charge on any atom is -0.399 e. The monoisotopic (exact) mass is 368 g/mol. The van der Waals surface area contributed by atoms with E-state index in [-0.39, 0.29) is 6.26 Å². The van der Waals surface area contributed by atoms with Crippen molar-refractivity contribution >= 4 is 0 Å². The smallest absolute Gasteiger partial charge is 0.399 e. The standard InChI is InChI=1S/C9H3F11O3/c10-5(11,1-3-2-22-4(21)23-3)6(12,13)7(14,15)8(16,17)9(18,19)20/h2H,1H2. The topological polar surface area (TPSA) is 43.4 Å². The maximum absolute atomic E-state index is 13.2. The molecule has 1 aromatic rings. The molecule has 1 heterocycles. The molecule has 0 fully saturated rings. The molecule has 0 aliphatic rings. The van der Waals surface area contributed by atoms with Crippen LogP contribution in [0.3, 0.4) is 0 Å². The molecule has 3 nitrogen and oxygen atoms in total. The van der Waals surface area contributed by atoms with Crippen molar-refractivity contribution in [3.05, 3.63) is 22.6 Å². The molecule has 0 N–H and O–H groups in total. The van der Waals surface area contributed by atoms with Gasteiger partial charge in [-0.05, 0) is 0 Å². The average molecular weight is 368 g/mol. The lowest BCUT2D eigenvalue weighted by Crippen LogP contribution is -2.66. The van der Waals surface area contributed by atoms with Gasteiger partial charge < -0.3 is 8.83 Å². The van der Waals surface area contributed by atoms with Gasteiger partial charge in [-0.2, -0.15) is 48.3 Å². The normalized spacial score (nSPS) is 15.1. The lowest BCUT2D eigenvalue weighted by Gasteiger charge is -2.36. The van der Waals surface area contributed by atoms with Crippen LogP contribution in [-0.4, -0.2) is 29.9 Å². The molecule has 0 amide bonds. The fourth-order valence-corrected chi connectivity index (χ4v) is 1.28. The molecular formula is C9H3F11O3. The molecule has 0 aliphatic carbocycles. The van der Waals surface area contributed by atoms with Crippen LogP contribution in [0, 0.1) is 0 Å². The van der Waals surface area contributed by atoms with E-state index in [2.05, 4.69) is 8.83 Å². The molecule has 23 heavy (non-hydrogen) atoms. The summed E-state index contributed by atoms with van der Waals surface area (Å²) >= 11 is 0. The summed E-state index contributed by atoms with van der Waals surface area (Å²) in [5.41, 5.74) is 0. The molecule has 14 heteroatoms. The molecule has 0 aromatic carbocycles. The van der Waals surface area contributed by atoms with Crippen LogP contribution in [-0.2, 0) is 6.42 Å². The van der Waals surface area contributed by atoms with E-state index >= 15 is 0 Å². The van der Waals surface area contributed by atoms with Gasteiger partial charge in [0.25, 0.3) is 0 Å². The van der Waals surface area contributed by atoms with Gasteiger partial charge in [0.2, 0.25) is 0 Å². The van der Waals surface area contributed by atoms with Crippen molar-refractivity contribution in [2.24, 2.45) is 0 Å².